The number of nitrogens with zero attached hydrogens (tertiary/aromatic N) is 3. The molecule has 1 amide bonds. The van der Waals surface area contributed by atoms with Crippen molar-refractivity contribution in [2.45, 2.75) is 51.6 Å². The Kier molecular flexibility index (Phi) is 5.20. The second-order valence-corrected chi connectivity index (χ2v) is 8.09. The number of para-hydroxylation sites is 1. The molecule has 0 bridgehead atoms. The van der Waals surface area contributed by atoms with E-state index >= 15 is 0 Å². The molecule has 4 rings (SSSR count). The van der Waals surface area contributed by atoms with Crippen molar-refractivity contribution in [3.63, 3.8) is 0 Å². The molecule has 7 nitrogen and oxygen atoms in total. The van der Waals surface area contributed by atoms with Crippen LogP contribution in [0.5, 0.6) is 0 Å². The molecule has 5 N–H and O–H groups in total. The van der Waals surface area contributed by atoms with Gasteiger partial charge in [0.1, 0.15) is 5.66 Å². The van der Waals surface area contributed by atoms with Crippen LogP contribution >= 0.6 is 0 Å². The number of nitrogens with one attached hydrogen (secondary N) is 1. The molecule has 2 aromatic rings. The van der Waals surface area contributed by atoms with Gasteiger partial charge in [0.05, 0.1) is 11.3 Å². The van der Waals surface area contributed by atoms with E-state index in [1.165, 1.54) is 5.56 Å². The first-order chi connectivity index (χ1) is 14.4. The van der Waals surface area contributed by atoms with Crippen LogP contribution in [0.3, 0.4) is 0 Å². The van der Waals surface area contributed by atoms with Gasteiger partial charge >= 0.3 is 0 Å². The minimum absolute atomic E-state index is 0.197. The van der Waals surface area contributed by atoms with Gasteiger partial charge in [0, 0.05) is 5.69 Å². The monoisotopic (exact) mass is 404 g/mol. The molecule has 0 unspecified atom stereocenters. The molecule has 1 fully saturated rings. The summed E-state index contributed by atoms with van der Waals surface area (Å²) in [6.07, 6.45) is 4.83. The molecule has 1 saturated carbocycles. The maximum Gasteiger partial charge on any atom is 0.257 e. The molecule has 0 atom stereocenters. The molecule has 0 saturated heterocycles. The number of aryl methyl sites for hydroxylation is 2. The van der Waals surface area contributed by atoms with Crippen LogP contribution < -0.4 is 21.7 Å². The molecule has 30 heavy (non-hydrogen) atoms. The Morgan fingerprint density at radius 1 is 1.03 bits per heavy atom. The second-order valence-electron chi connectivity index (χ2n) is 8.09. The van der Waals surface area contributed by atoms with E-state index in [9.17, 15) is 4.79 Å². The van der Waals surface area contributed by atoms with Crippen LogP contribution in [-0.2, 0) is 0 Å². The molecule has 1 spiro atoms. The molecular formula is C23H28N6O. The third-order valence-corrected chi connectivity index (χ3v) is 6.01. The minimum Gasteiger partial charge on any atom is -0.369 e. The molecule has 1 aliphatic carbocycles. The lowest BCUT2D eigenvalue weighted by molar-refractivity contribution is 0.102. The highest BCUT2D eigenvalue weighted by atomic mass is 16.1. The van der Waals surface area contributed by atoms with Crippen molar-refractivity contribution in [2.24, 2.45) is 21.5 Å². The smallest absolute Gasteiger partial charge is 0.257 e. The Morgan fingerprint density at radius 3 is 2.50 bits per heavy atom. The predicted molar refractivity (Wildman–Crippen MR) is 122 cm³/mol. The first kappa shape index (κ1) is 19.9. The molecule has 156 valence electrons. The lowest BCUT2D eigenvalue weighted by atomic mass is 9.87. The summed E-state index contributed by atoms with van der Waals surface area (Å²) in [4.78, 5) is 24.1. The van der Waals surface area contributed by atoms with Gasteiger partial charge in [-0.05, 0) is 74.9 Å². The normalized spacial score (nSPS) is 18.0. The minimum atomic E-state index is -0.592. The summed E-state index contributed by atoms with van der Waals surface area (Å²) in [5.41, 5.74) is 16.0. The molecule has 1 aliphatic heterocycles. The van der Waals surface area contributed by atoms with Gasteiger partial charge in [-0.15, -0.1) is 0 Å². The summed E-state index contributed by atoms with van der Waals surface area (Å²) in [6.45, 7) is 4.07. The Morgan fingerprint density at radius 2 is 1.77 bits per heavy atom. The van der Waals surface area contributed by atoms with Gasteiger partial charge in [-0.25, -0.2) is 4.99 Å². The van der Waals surface area contributed by atoms with Crippen molar-refractivity contribution in [2.75, 3.05) is 10.2 Å². The molecule has 1 heterocycles. The van der Waals surface area contributed by atoms with Gasteiger partial charge in [0.15, 0.2) is 0 Å². The van der Waals surface area contributed by atoms with Crippen molar-refractivity contribution in [3.05, 3.63) is 59.2 Å². The number of guanidine groups is 2. The van der Waals surface area contributed by atoms with E-state index < -0.39 is 5.66 Å². The lowest BCUT2D eigenvalue weighted by Crippen LogP contribution is -2.58. The molecular weight excluding hydrogens is 376 g/mol. The van der Waals surface area contributed by atoms with Crippen LogP contribution in [0.1, 0.15) is 53.6 Å². The first-order valence-electron chi connectivity index (χ1n) is 10.4. The molecule has 0 radical (unpaired) electrons. The summed E-state index contributed by atoms with van der Waals surface area (Å²) in [5.74, 6) is 0.272. The van der Waals surface area contributed by atoms with E-state index in [2.05, 4.69) is 10.3 Å². The number of aliphatic imine (C=N–C) groups is 2. The van der Waals surface area contributed by atoms with Gasteiger partial charge in [0.25, 0.3) is 5.91 Å². The summed E-state index contributed by atoms with van der Waals surface area (Å²) in [6, 6.07) is 13.3. The summed E-state index contributed by atoms with van der Waals surface area (Å²) >= 11 is 0. The van der Waals surface area contributed by atoms with Crippen LogP contribution in [0.15, 0.2) is 52.4 Å². The number of hydrogen-bond donors (Lipinski definition) is 3. The van der Waals surface area contributed by atoms with Crippen molar-refractivity contribution in [3.8, 4) is 0 Å². The quantitative estimate of drug-likeness (QED) is 0.725. The van der Waals surface area contributed by atoms with E-state index in [1.54, 1.807) is 6.07 Å². The van der Waals surface area contributed by atoms with Crippen molar-refractivity contribution in [1.29, 1.82) is 0 Å². The van der Waals surface area contributed by atoms with Gasteiger partial charge < -0.3 is 16.8 Å². The maximum atomic E-state index is 13.2. The van der Waals surface area contributed by atoms with Crippen LogP contribution in [0.4, 0.5) is 11.4 Å². The maximum absolute atomic E-state index is 13.2. The average molecular weight is 405 g/mol. The van der Waals surface area contributed by atoms with Gasteiger partial charge in [-0.1, -0.05) is 24.6 Å². The number of carbonyl (C=O) groups is 1. The Hall–Kier alpha value is -3.35. The Labute approximate surface area is 176 Å². The zero-order valence-electron chi connectivity index (χ0n) is 17.5. The molecule has 2 aromatic carbocycles. The number of nitrogens with two attached hydrogens (primary N) is 2. The van der Waals surface area contributed by atoms with Crippen molar-refractivity contribution in [1.82, 2.24) is 0 Å². The number of hydrogen-bond acceptors (Lipinski definition) is 6. The van der Waals surface area contributed by atoms with Gasteiger partial charge in [0.2, 0.25) is 11.9 Å². The highest BCUT2D eigenvalue weighted by Crippen LogP contribution is 2.40. The number of rotatable bonds is 3. The van der Waals surface area contributed by atoms with Crippen LogP contribution in [-0.4, -0.2) is 23.5 Å². The molecule has 2 aliphatic rings. The number of anilines is 2. The van der Waals surface area contributed by atoms with Crippen molar-refractivity contribution < 1.29 is 4.79 Å². The number of amides is 1. The van der Waals surface area contributed by atoms with Gasteiger partial charge in [-0.2, -0.15) is 4.99 Å². The van der Waals surface area contributed by atoms with Crippen LogP contribution in [0.2, 0.25) is 0 Å². The fraction of sp³-hybridized carbons (Fsp3) is 0.348. The topological polar surface area (TPSA) is 109 Å². The Bertz CT molecular complexity index is 1040. The van der Waals surface area contributed by atoms with E-state index in [4.69, 9.17) is 16.5 Å². The number of carbonyl (C=O) groups excluding carboxylic acids is 1. The highest BCUT2D eigenvalue weighted by Gasteiger charge is 2.43. The number of benzene rings is 2. The second kappa shape index (κ2) is 7.82. The fourth-order valence-electron chi connectivity index (χ4n) is 4.35. The molecule has 7 heteroatoms. The van der Waals surface area contributed by atoms with Crippen LogP contribution in [0.25, 0.3) is 0 Å². The predicted octanol–water partition coefficient (Wildman–Crippen LogP) is 3.67. The largest absolute Gasteiger partial charge is 0.369 e. The molecule has 0 aromatic heterocycles. The van der Waals surface area contributed by atoms with E-state index in [1.807, 2.05) is 55.1 Å². The van der Waals surface area contributed by atoms with E-state index in [0.29, 0.717) is 11.3 Å². The zero-order valence-corrected chi connectivity index (χ0v) is 17.5. The standard InChI is InChI=1S/C23H28N6O/c1-15-10-11-17(14-16(15)2)26-20(30)18-8-4-5-9-19(18)29-22(25)27-21(24)28-23(29)12-6-3-7-13-23/h4-5,8-11,14H,3,6-7,12-13H2,1-2H3,(H,26,30)(H4,24,25,27,28). The van der Waals surface area contributed by atoms with E-state index in [0.717, 1.165) is 43.4 Å². The Balaban J connectivity index is 1.72. The third kappa shape index (κ3) is 3.63. The van der Waals surface area contributed by atoms with E-state index in [-0.39, 0.29) is 17.8 Å². The summed E-state index contributed by atoms with van der Waals surface area (Å²) < 4.78 is 0. The van der Waals surface area contributed by atoms with Crippen molar-refractivity contribution >= 4 is 29.2 Å². The summed E-state index contributed by atoms with van der Waals surface area (Å²) in [5, 5.41) is 3.01. The van der Waals surface area contributed by atoms with Crippen LogP contribution in [0, 0.1) is 13.8 Å². The lowest BCUT2D eigenvalue weighted by Gasteiger charge is -2.46. The highest BCUT2D eigenvalue weighted by molar-refractivity contribution is 6.13. The first-order valence-corrected chi connectivity index (χ1v) is 10.4. The fourth-order valence-corrected chi connectivity index (χ4v) is 4.35. The third-order valence-electron chi connectivity index (χ3n) is 6.01. The SMILES string of the molecule is Cc1ccc(NC(=O)c2ccccc2N2C(N)=NC(N)=NC23CCCCC3)cc1C. The van der Waals surface area contributed by atoms with Gasteiger partial charge in [-0.3, -0.25) is 9.69 Å². The average Bonchev–Trinajstić information content (AvgIpc) is 2.71. The summed E-state index contributed by atoms with van der Waals surface area (Å²) in [7, 11) is 0. The zero-order chi connectivity index (χ0) is 21.3.